The van der Waals surface area contributed by atoms with Crippen LogP contribution in [0.3, 0.4) is 0 Å². The number of unbranched alkanes of at least 4 members (excludes halogenated alkanes) is 9. The van der Waals surface area contributed by atoms with Crippen molar-refractivity contribution in [2.45, 2.75) is 110 Å². The van der Waals surface area contributed by atoms with E-state index in [0.717, 1.165) is 6.04 Å². The van der Waals surface area contributed by atoms with Crippen molar-refractivity contribution in [2.24, 2.45) is 0 Å². The van der Waals surface area contributed by atoms with Crippen LogP contribution in [0.1, 0.15) is 104 Å². The fourth-order valence-corrected chi connectivity index (χ4v) is 3.81. The van der Waals surface area contributed by atoms with Gasteiger partial charge in [0.1, 0.15) is 0 Å². The van der Waals surface area contributed by atoms with Crippen molar-refractivity contribution in [3.63, 3.8) is 0 Å². The molecule has 1 N–H and O–H groups in total. The van der Waals surface area contributed by atoms with Gasteiger partial charge in [0.05, 0.1) is 19.1 Å². The molecule has 1 aliphatic rings. The molecule has 0 spiro atoms. The summed E-state index contributed by atoms with van der Waals surface area (Å²) in [5, 5.41) is 0. The highest BCUT2D eigenvalue weighted by atomic mass is 19.0. The molecular weight excluding hydrogens is 261 g/mol. The number of rotatable bonds is 12. The first-order valence-corrected chi connectivity index (χ1v) is 9.73. The topological polar surface area (TPSA) is 4.44 Å². The second-order valence-corrected chi connectivity index (χ2v) is 6.94. The molecule has 1 heterocycles. The smallest absolute Gasteiger partial charge is 0.0872 e. The summed E-state index contributed by atoms with van der Waals surface area (Å²) >= 11 is 0. The van der Waals surface area contributed by atoms with Crippen LogP contribution in [0, 0.1) is 0 Å². The number of hydrogen-bond acceptors (Lipinski definition) is 0. The summed E-state index contributed by atoms with van der Waals surface area (Å²) in [6, 6.07) is 0.988. The van der Waals surface area contributed by atoms with Crippen LogP contribution in [-0.4, -0.2) is 19.1 Å². The third kappa shape index (κ3) is 10.3. The van der Waals surface area contributed by atoms with Gasteiger partial charge in [-0.25, -0.2) is 0 Å². The monoisotopic (exact) mass is 301 g/mol. The molecule has 1 fully saturated rings. The van der Waals surface area contributed by atoms with Crippen molar-refractivity contribution in [2.75, 3.05) is 13.1 Å². The van der Waals surface area contributed by atoms with Crippen molar-refractivity contribution < 1.29 is 9.60 Å². The number of quaternary nitrogens is 1. The van der Waals surface area contributed by atoms with E-state index in [1.807, 2.05) is 4.90 Å². The maximum Gasteiger partial charge on any atom is 0.0872 e. The van der Waals surface area contributed by atoms with Gasteiger partial charge in [-0.05, 0) is 38.5 Å². The zero-order valence-electron chi connectivity index (χ0n) is 14.8. The Morgan fingerprint density at radius 1 is 0.762 bits per heavy atom. The molecule has 1 saturated heterocycles. The van der Waals surface area contributed by atoms with Crippen LogP contribution < -0.4 is 9.60 Å². The molecule has 0 aromatic carbocycles. The minimum atomic E-state index is 0. The molecule has 2 heteroatoms. The lowest BCUT2D eigenvalue weighted by atomic mass is 9.99. The SMILES string of the molecule is CCCCCCCCCCCC[NH+]1CCCCC1CC.[F-]. The fourth-order valence-electron chi connectivity index (χ4n) is 3.81. The molecule has 0 aliphatic carbocycles. The van der Waals surface area contributed by atoms with Crippen molar-refractivity contribution in [3.8, 4) is 0 Å². The summed E-state index contributed by atoms with van der Waals surface area (Å²) in [6.45, 7) is 7.59. The van der Waals surface area contributed by atoms with Gasteiger partial charge in [-0.1, -0.05) is 65.2 Å². The van der Waals surface area contributed by atoms with Gasteiger partial charge >= 0.3 is 0 Å². The largest absolute Gasteiger partial charge is 1.00 e. The first-order chi connectivity index (χ1) is 9.88. The Bertz CT molecular complexity index is 208. The standard InChI is InChI=1S/C19H39N.FH/c1-3-5-6-7-8-9-10-11-12-14-17-20-18-15-13-16-19(20)4-2;/h19H,3-18H2,1-2H3;1H. The van der Waals surface area contributed by atoms with E-state index in [0.29, 0.717) is 0 Å². The summed E-state index contributed by atoms with van der Waals surface area (Å²) in [4.78, 5) is 1.93. The van der Waals surface area contributed by atoms with Gasteiger partial charge in [-0.2, -0.15) is 0 Å². The summed E-state index contributed by atoms with van der Waals surface area (Å²) in [5.41, 5.74) is 0. The van der Waals surface area contributed by atoms with E-state index >= 15 is 0 Å². The van der Waals surface area contributed by atoms with Gasteiger partial charge in [0, 0.05) is 0 Å². The molecule has 1 aliphatic heterocycles. The Kier molecular flexibility index (Phi) is 14.7. The highest BCUT2D eigenvalue weighted by Gasteiger charge is 2.23. The zero-order valence-corrected chi connectivity index (χ0v) is 14.8. The third-order valence-corrected chi connectivity index (χ3v) is 5.22. The van der Waals surface area contributed by atoms with Crippen LogP contribution in [0.25, 0.3) is 0 Å². The molecule has 0 saturated carbocycles. The first kappa shape index (κ1) is 20.9. The molecule has 1 nitrogen and oxygen atoms in total. The third-order valence-electron chi connectivity index (χ3n) is 5.22. The Balaban J connectivity index is 0.00000400. The van der Waals surface area contributed by atoms with E-state index in [9.17, 15) is 0 Å². The van der Waals surface area contributed by atoms with Gasteiger partial charge in [-0.15, -0.1) is 0 Å². The number of nitrogens with one attached hydrogen (secondary N) is 1. The van der Waals surface area contributed by atoms with E-state index < -0.39 is 0 Å². The highest BCUT2D eigenvalue weighted by molar-refractivity contribution is 4.59. The molecular formula is C19H40FN. The van der Waals surface area contributed by atoms with E-state index in [2.05, 4.69) is 13.8 Å². The second-order valence-electron chi connectivity index (χ2n) is 6.94. The van der Waals surface area contributed by atoms with Gasteiger partial charge in [0.25, 0.3) is 0 Å². The molecule has 2 atom stereocenters. The normalized spacial score (nSPS) is 22.0. The summed E-state index contributed by atoms with van der Waals surface area (Å²) in [6.07, 6.45) is 20.5. The number of piperidine rings is 1. The van der Waals surface area contributed by atoms with Crippen molar-refractivity contribution in [1.82, 2.24) is 0 Å². The highest BCUT2D eigenvalue weighted by Crippen LogP contribution is 2.10. The Labute approximate surface area is 133 Å². The minimum absolute atomic E-state index is 0. The summed E-state index contributed by atoms with van der Waals surface area (Å²) in [5.74, 6) is 0. The van der Waals surface area contributed by atoms with Crippen LogP contribution in [0.2, 0.25) is 0 Å². The van der Waals surface area contributed by atoms with Gasteiger partial charge in [-0.3, -0.25) is 0 Å². The molecule has 0 aromatic rings. The minimum Gasteiger partial charge on any atom is -1.00 e. The first-order valence-electron chi connectivity index (χ1n) is 9.73. The lowest BCUT2D eigenvalue weighted by Crippen LogP contribution is -3.16. The number of likely N-dealkylation sites (tertiary alicyclic amines) is 1. The van der Waals surface area contributed by atoms with Gasteiger partial charge in [0.15, 0.2) is 0 Å². The summed E-state index contributed by atoms with van der Waals surface area (Å²) < 4.78 is 0. The van der Waals surface area contributed by atoms with Crippen LogP contribution in [-0.2, 0) is 0 Å². The lowest BCUT2D eigenvalue weighted by Gasteiger charge is -2.32. The molecule has 21 heavy (non-hydrogen) atoms. The van der Waals surface area contributed by atoms with Crippen LogP contribution in [0.5, 0.6) is 0 Å². The van der Waals surface area contributed by atoms with Crippen LogP contribution >= 0.6 is 0 Å². The van der Waals surface area contributed by atoms with Crippen LogP contribution in [0.15, 0.2) is 0 Å². The van der Waals surface area contributed by atoms with Gasteiger partial charge < -0.3 is 9.60 Å². The Morgan fingerprint density at radius 2 is 1.33 bits per heavy atom. The van der Waals surface area contributed by atoms with Crippen molar-refractivity contribution in [3.05, 3.63) is 0 Å². The molecule has 0 aromatic heterocycles. The van der Waals surface area contributed by atoms with Crippen molar-refractivity contribution in [1.29, 1.82) is 0 Å². The van der Waals surface area contributed by atoms with Crippen molar-refractivity contribution >= 4 is 0 Å². The Morgan fingerprint density at radius 3 is 1.90 bits per heavy atom. The maximum absolute atomic E-state index is 2.38. The predicted molar refractivity (Wildman–Crippen MR) is 90.5 cm³/mol. The van der Waals surface area contributed by atoms with E-state index in [1.165, 1.54) is 103 Å². The average Bonchev–Trinajstić information content (AvgIpc) is 2.49. The Hall–Kier alpha value is -0.110. The van der Waals surface area contributed by atoms with Crippen LogP contribution in [0.4, 0.5) is 0 Å². The molecule has 128 valence electrons. The van der Waals surface area contributed by atoms with E-state index in [1.54, 1.807) is 0 Å². The molecule has 0 amide bonds. The number of halogens is 1. The zero-order chi connectivity index (χ0) is 14.5. The molecule has 2 unspecified atom stereocenters. The predicted octanol–water partition coefficient (Wildman–Crippen LogP) is 1.76. The van der Waals surface area contributed by atoms with E-state index in [-0.39, 0.29) is 4.70 Å². The molecule has 1 rings (SSSR count). The molecule has 0 bridgehead atoms. The lowest BCUT2D eigenvalue weighted by molar-refractivity contribution is -0.931. The van der Waals surface area contributed by atoms with Gasteiger partial charge in [0.2, 0.25) is 0 Å². The second kappa shape index (κ2) is 14.8. The quantitative estimate of drug-likeness (QED) is 0.524. The van der Waals surface area contributed by atoms with E-state index in [4.69, 9.17) is 0 Å². The number of hydrogen-bond donors (Lipinski definition) is 1. The average molecular weight is 302 g/mol. The summed E-state index contributed by atoms with van der Waals surface area (Å²) in [7, 11) is 0. The fraction of sp³-hybridized carbons (Fsp3) is 1.00. The molecule has 0 radical (unpaired) electrons. The maximum atomic E-state index is 2.38.